The Kier molecular flexibility index (Phi) is 6.02. The Labute approximate surface area is 128 Å². The molecule has 0 spiro atoms. The van der Waals surface area contributed by atoms with Gasteiger partial charge in [-0.3, -0.25) is 0 Å². The molecular formula is C21H24. The van der Waals surface area contributed by atoms with Gasteiger partial charge in [-0.2, -0.15) is 0 Å². The molecule has 0 aliphatic carbocycles. The van der Waals surface area contributed by atoms with Gasteiger partial charge in [0.05, 0.1) is 0 Å². The number of hydrogen-bond acceptors (Lipinski definition) is 0. The van der Waals surface area contributed by atoms with E-state index in [1.54, 1.807) is 0 Å². The van der Waals surface area contributed by atoms with E-state index in [9.17, 15) is 0 Å². The van der Waals surface area contributed by atoms with Gasteiger partial charge < -0.3 is 0 Å². The zero-order valence-corrected chi connectivity index (χ0v) is 12.9. The van der Waals surface area contributed by atoms with Crippen molar-refractivity contribution in [2.45, 2.75) is 32.6 Å². The second-order valence-electron chi connectivity index (χ2n) is 5.33. The van der Waals surface area contributed by atoms with Crippen molar-refractivity contribution in [3.8, 4) is 11.1 Å². The lowest BCUT2D eigenvalue weighted by atomic mass is 10.00. The number of benzene rings is 2. The van der Waals surface area contributed by atoms with Crippen LogP contribution in [0.25, 0.3) is 11.1 Å². The smallest absolute Gasteiger partial charge is 0.0184 e. The summed E-state index contributed by atoms with van der Waals surface area (Å²) in [7, 11) is 0. The third-order valence-corrected chi connectivity index (χ3v) is 3.71. The molecule has 0 amide bonds. The maximum absolute atomic E-state index is 3.77. The van der Waals surface area contributed by atoms with Gasteiger partial charge in [0.25, 0.3) is 0 Å². The molecule has 0 heterocycles. The fraction of sp³-hybridized carbons (Fsp3) is 0.238. The average molecular weight is 276 g/mol. The molecule has 0 nitrogen and oxygen atoms in total. The highest BCUT2D eigenvalue weighted by Gasteiger charge is 1.99. The topological polar surface area (TPSA) is 0 Å². The molecule has 0 radical (unpaired) electrons. The average Bonchev–Trinajstić information content (AvgIpc) is 2.54. The summed E-state index contributed by atoms with van der Waals surface area (Å²) in [6, 6.07) is 17.8. The molecule has 0 N–H and O–H groups in total. The van der Waals surface area contributed by atoms with Crippen LogP contribution in [0.4, 0.5) is 0 Å². The molecule has 0 saturated carbocycles. The van der Waals surface area contributed by atoms with Crippen molar-refractivity contribution < 1.29 is 0 Å². The maximum atomic E-state index is 3.77. The van der Waals surface area contributed by atoms with E-state index in [0.717, 1.165) is 25.7 Å². The third-order valence-electron chi connectivity index (χ3n) is 3.71. The molecule has 0 saturated heterocycles. The second kappa shape index (κ2) is 8.26. The van der Waals surface area contributed by atoms with Crippen molar-refractivity contribution in [1.29, 1.82) is 0 Å². The van der Waals surface area contributed by atoms with Crippen molar-refractivity contribution in [2.24, 2.45) is 0 Å². The van der Waals surface area contributed by atoms with Crippen LogP contribution in [-0.2, 0) is 12.8 Å². The van der Waals surface area contributed by atoms with Crippen LogP contribution < -0.4 is 0 Å². The van der Waals surface area contributed by atoms with Crippen LogP contribution in [0.5, 0.6) is 0 Å². The molecule has 0 unspecified atom stereocenters. The highest BCUT2D eigenvalue weighted by atomic mass is 14.0. The largest absolute Gasteiger partial charge is 0.103 e. The number of aryl methyl sites for hydroxylation is 2. The van der Waals surface area contributed by atoms with Crippen LogP contribution in [0, 0.1) is 0 Å². The van der Waals surface area contributed by atoms with Crippen LogP contribution in [0.15, 0.2) is 73.3 Å². The summed E-state index contributed by atoms with van der Waals surface area (Å²) in [5.41, 5.74) is 5.36. The van der Waals surface area contributed by atoms with E-state index >= 15 is 0 Å². The van der Waals surface area contributed by atoms with E-state index in [4.69, 9.17) is 0 Å². The molecule has 0 aliphatic rings. The predicted octanol–water partition coefficient (Wildman–Crippen LogP) is 5.98. The van der Waals surface area contributed by atoms with E-state index in [1.807, 2.05) is 6.08 Å². The first-order valence-electron chi connectivity index (χ1n) is 7.74. The molecule has 2 aromatic rings. The zero-order chi connectivity index (χ0) is 14.9. The number of hydrogen-bond donors (Lipinski definition) is 0. The predicted molar refractivity (Wildman–Crippen MR) is 93.5 cm³/mol. The zero-order valence-electron chi connectivity index (χ0n) is 12.9. The fourth-order valence-electron chi connectivity index (χ4n) is 2.41. The van der Waals surface area contributed by atoms with E-state index in [0.29, 0.717) is 0 Å². The minimum Gasteiger partial charge on any atom is -0.103 e. The Morgan fingerprint density at radius 3 is 1.67 bits per heavy atom. The highest BCUT2D eigenvalue weighted by Crippen LogP contribution is 2.21. The molecule has 0 aliphatic heterocycles. The van der Waals surface area contributed by atoms with Crippen molar-refractivity contribution >= 4 is 0 Å². The molecule has 0 fully saturated rings. The first kappa shape index (κ1) is 15.3. The van der Waals surface area contributed by atoms with E-state index < -0.39 is 0 Å². The summed E-state index contributed by atoms with van der Waals surface area (Å²) in [6.45, 7) is 5.84. The van der Waals surface area contributed by atoms with Crippen molar-refractivity contribution in [3.05, 3.63) is 84.5 Å². The first-order chi connectivity index (χ1) is 10.3. The van der Waals surface area contributed by atoms with Crippen molar-refractivity contribution in [3.63, 3.8) is 0 Å². The summed E-state index contributed by atoms with van der Waals surface area (Å²) in [5.74, 6) is 0. The molecule has 108 valence electrons. The SMILES string of the molecule is C=CCCc1ccc(-c2ccc(CC/C=C/C)cc2)cc1. The fourth-order valence-corrected chi connectivity index (χ4v) is 2.41. The lowest BCUT2D eigenvalue weighted by Gasteiger charge is -2.05. The summed E-state index contributed by atoms with van der Waals surface area (Å²) in [4.78, 5) is 0. The van der Waals surface area contributed by atoms with Gasteiger partial charge in [-0.1, -0.05) is 66.8 Å². The van der Waals surface area contributed by atoms with Gasteiger partial charge >= 0.3 is 0 Å². The molecular weight excluding hydrogens is 252 g/mol. The molecule has 21 heavy (non-hydrogen) atoms. The van der Waals surface area contributed by atoms with E-state index in [1.165, 1.54) is 22.3 Å². The van der Waals surface area contributed by atoms with Crippen LogP contribution in [0.2, 0.25) is 0 Å². The first-order valence-corrected chi connectivity index (χ1v) is 7.74. The Balaban J connectivity index is 2.02. The molecule has 0 aromatic heterocycles. The monoisotopic (exact) mass is 276 g/mol. The second-order valence-corrected chi connectivity index (χ2v) is 5.33. The van der Waals surface area contributed by atoms with Crippen LogP contribution in [0.1, 0.15) is 30.9 Å². The van der Waals surface area contributed by atoms with Crippen LogP contribution in [0.3, 0.4) is 0 Å². The Morgan fingerprint density at radius 2 is 1.24 bits per heavy atom. The Hall–Kier alpha value is -2.08. The summed E-state index contributed by atoms with van der Waals surface area (Å²) in [5, 5.41) is 0. The van der Waals surface area contributed by atoms with Gasteiger partial charge in [-0.15, -0.1) is 6.58 Å². The molecule has 0 atom stereocenters. The number of rotatable bonds is 7. The van der Waals surface area contributed by atoms with Crippen molar-refractivity contribution in [1.82, 2.24) is 0 Å². The minimum absolute atomic E-state index is 1.04. The Morgan fingerprint density at radius 1 is 0.762 bits per heavy atom. The summed E-state index contributed by atoms with van der Waals surface area (Å²) >= 11 is 0. The standard InChI is InChI=1S/C21H24/c1-3-5-7-9-19-12-16-21(17-13-19)20-14-10-18(11-15-20)8-6-4-2/h3-5,10-17H,2,6-9H2,1H3/b5-3+. The maximum Gasteiger partial charge on any atom is -0.0184 e. The van der Waals surface area contributed by atoms with Crippen LogP contribution in [-0.4, -0.2) is 0 Å². The van der Waals surface area contributed by atoms with Crippen LogP contribution >= 0.6 is 0 Å². The molecule has 2 aromatic carbocycles. The van der Waals surface area contributed by atoms with Gasteiger partial charge in [0.1, 0.15) is 0 Å². The summed E-state index contributed by atoms with van der Waals surface area (Å²) < 4.78 is 0. The number of allylic oxidation sites excluding steroid dienone is 3. The summed E-state index contributed by atoms with van der Waals surface area (Å²) in [6.07, 6.45) is 10.7. The van der Waals surface area contributed by atoms with E-state index in [-0.39, 0.29) is 0 Å². The minimum atomic E-state index is 1.04. The molecule has 0 bridgehead atoms. The van der Waals surface area contributed by atoms with Gasteiger partial charge in [0.15, 0.2) is 0 Å². The van der Waals surface area contributed by atoms with Gasteiger partial charge in [0.2, 0.25) is 0 Å². The Bertz CT molecular complexity index is 570. The molecule has 2 rings (SSSR count). The molecule has 0 heteroatoms. The third kappa shape index (κ3) is 4.75. The highest BCUT2D eigenvalue weighted by molar-refractivity contribution is 5.64. The lowest BCUT2D eigenvalue weighted by molar-refractivity contribution is 0.999. The van der Waals surface area contributed by atoms with Crippen molar-refractivity contribution in [2.75, 3.05) is 0 Å². The quantitative estimate of drug-likeness (QED) is 0.546. The van der Waals surface area contributed by atoms with E-state index in [2.05, 4.69) is 74.2 Å². The van der Waals surface area contributed by atoms with Gasteiger partial charge in [0, 0.05) is 0 Å². The van der Waals surface area contributed by atoms with Gasteiger partial charge in [-0.05, 0) is 54.9 Å². The van der Waals surface area contributed by atoms with Gasteiger partial charge in [-0.25, -0.2) is 0 Å². The lowest BCUT2D eigenvalue weighted by Crippen LogP contribution is -1.86. The normalized spacial score (nSPS) is 10.9.